The second-order valence-corrected chi connectivity index (χ2v) is 10.1. The molecule has 0 aromatic heterocycles. The quantitative estimate of drug-likeness (QED) is 0.456. The molecule has 192 valence electrons. The van der Waals surface area contributed by atoms with Gasteiger partial charge in [-0.25, -0.2) is 8.42 Å². The average molecular weight is 526 g/mol. The van der Waals surface area contributed by atoms with E-state index in [-0.39, 0.29) is 18.1 Å². The summed E-state index contributed by atoms with van der Waals surface area (Å²) >= 11 is 6.33. The van der Waals surface area contributed by atoms with Gasteiger partial charge in [0.25, 0.3) is 0 Å². The fraction of sp³-hybridized carbons (Fsp3) is 0.417. The number of benzene rings is 2. The van der Waals surface area contributed by atoms with Crippen molar-refractivity contribution in [3.05, 3.63) is 53.1 Å². The Morgan fingerprint density at radius 2 is 1.71 bits per heavy atom. The predicted octanol–water partition coefficient (Wildman–Crippen LogP) is 3.07. The number of anilines is 1. The maximum atomic E-state index is 13.6. The van der Waals surface area contributed by atoms with E-state index in [4.69, 9.17) is 21.1 Å². The van der Waals surface area contributed by atoms with E-state index in [1.165, 1.54) is 31.3 Å². The zero-order chi connectivity index (χ0) is 26.2. The highest BCUT2D eigenvalue weighted by Crippen LogP contribution is 2.32. The van der Waals surface area contributed by atoms with Gasteiger partial charge >= 0.3 is 0 Å². The number of likely N-dealkylation sites (N-methyl/N-ethyl adjacent to an activating group) is 1. The van der Waals surface area contributed by atoms with Gasteiger partial charge in [-0.2, -0.15) is 0 Å². The molecule has 11 heteroatoms. The lowest BCUT2D eigenvalue weighted by Crippen LogP contribution is -2.52. The molecule has 2 amide bonds. The Balaban J connectivity index is 2.49. The van der Waals surface area contributed by atoms with Crippen LogP contribution in [0.2, 0.25) is 5.02 Å². The highest BCUT2D eigenvalue weighted by molar-refractivity contribution is 7.92. The van der Waals surface area contributed by atoms with Gasteiger partial charge in [0.05, 0.1) is 26.2 Å². The standard InChI is InChI=1S/C24H32ClN3O6S/c1-6-20(24(30)26-7-2)27(15-17-10-8-9-11-19(17)25)23(29)16-28(35(5,31)32)18-12-13-21(33-3)22(14-18)34-4/h8-14,20H,6-7,15-16H2,1-5H3,(H,26,30). The Labute approximate surface area is 212 Å². The Hall–Kier alpha value is -2.98. The molecule has 1 atom stereocenters. The van der Waals surface area contributed by atoms with Gasteiger partial charge in [-0.1, -0.05) is 36.7 Å². The molecule has 2 aromatic carbocycles. The minimum Gasteiger partial charge on any atom is -0.493 e. The molecular formula is C24H32ClN3O6S. The van der Waals surface area contributed by atoms with Crippen molar-refractivity contribution in [1.82, 2.24) is 10.2 Å². The van der Waals surface area contributed by atoms with Crippen LogP contribution in [0.1, 0.15) is 25.8 Å². The highest BCUT2D eigenvalue weighted by Gasteiger charge is 2.32. The smallest absolute Gasteiger partial charge is 0.244 e. The van der Waals surface area contributed by atoms with Crippen LogP contribution in [0.3, 0.4) is 0 Å². The molecule has 2 rings (SSSR count). The summed E-state index contributed by atoms with van der Waals surface area (Å²) in [6, 6.07) is 10.7. The van der Waals surface area contributed by atoms with E-state index in [1.807, 2.05) is 0 Å². The van der Waals surface area contributed by atoms with E-state index in [0.717, 1.165) is 10.6 Å². The van der Waals surface area contributed by atoms with Crippen LogP contribution in [0.5, 0.6) is 11.5 Å². The number of methoxy groups -OCH3 is 2. The fourth-order valence-corrected chi connectivity index (χ4v) is 4.65. The molecule has 0 radical (unpaired) electrons. The minimum absolute atomic E-state index is 0.0394. The molecule has 1 N–H and O–H groups in total. The molecule has 0 saturated heterocycles. The van der Waals surface area contributed by atoms with Crippen LogP contribution in [-0.2, 0) is 26.2 Å². The van der Waals surface area contributed by atoms with Gasteiger partial charge in [0.2, 0.25) is 21.8 Å². The van der Waals surface area contributed by atoms with E-state index >= 15 is 0 Å². The van der Waals surface area contributed by atoms with E-state index in [2.05, 4.69) is 5.32 Å². The third-order valence-electron chi connectivity index (χ3n) is 5.37. The van der Waals surface area contributed by atoms with Crippen molar-refractivity contribution in [2.45, 2.75) is 32.9 Å². The third kappa shape index (κ3) is 7.25. The number of amides is 2. The minimum atomic E-state index is -3.87. The number of sulfonamides is 1. The Morgan fingerprint density at radius 3 is 2.26 bits per heavy atom. The SMILES string of the molecule is CCNC(=O)C(CC)N(Cc1ccccc1Cl)C(=O)CN(c1ccc(OC)c(OC)c1)S(C)(=O)=O. The molecule has 0 aliphatic heterocycles. The lowest BCUT2D eigenvalue weighted by Gasteiger charge is -2.33. The number of carbonyl (C=O) groups is 2. The zero-order valence-corrected chi connectivity index (χ0v) is 22.1. The molecule has 1 unspecified atom stereocenters. The van der Waals surface area contributed by atoms with Crippen molar-refractivity contribution in [2.24, 2.45) is 0 Å². The highest BCUT2D eigenvalue weighted by atomic mass is 35.5. The first-order valence-corrected chi connectivity index (χ1v) is 13.3. The van der Waals surface area contributed by atoms with Crippen molar-refractivity contribution in [3.8, 4) is 11.5 Å². The largest absolute Gasteiger partial charge is 0.493 e. The summed E-state index contributed by atoms with van der Waals surface area (Å²) in [5, 5.41) is 3.19. The monoisotopic (exact) mass is 525 g/mol. The van der Waals surface area contributed by atoms with Gasteiger partial charge in [0, 0.05) is 24.2 Å². The molecule has 9 nitrogen and oxygen atoms in total. The number of hydrogen-bond donors (Lipinski definition) is 1. The molecule has 0 aliphatic carbocycles. The second kappa shape index (κ2) is 12.6. The van der Waals surface area contributed by atoms with Crippen LogP contribution in [0.4, 0.5) is 5.69 Å². The van der Waals surface area contributed by atoms with Gasteiger partial charge < -0.3 is 19.7 Å². The molecule has 0 spiro atoms. The van der Waals surface area contributed by atoms with Gasteiger partial charge in [-0.05, 0) is 37.1 Å². The molecular weight excluding hydrogens is 494 g/mol. The maximum Gasteiger partial charge on any atom is 0.244 e. The summed E-state index contributed by atoms with van der Waals surface area (Å²) in [5.41, 5.74) is 0.865. The lowest BCUT2D eigenvalue weighted by molar-refractivity contribution is -0.140. The summed E-state index contributed by atoms with van der Waals surface area (Å²) in [6.45, 7) is 3.49. The number of rotatable bonds is 12. The van der Waals surface area contributed by atoms with Crippen LogP contribution in [0, 0.1) is 0 Å². The average Bonchev–Trinajstić information content (AvgIpc) is 2.82. The first-order chi connectivity index (χ1) is 16.6. The van der Waals surface area contributed by atoms with E-state index < -0.39 is 28.5 Å². The van der Waals surface area contributed by atoms with E-state index in [0.29, 0.717) is 35.1 Å². The summed E-state index contributed by atoms with van der Waals surface area (Å²) in [5.74, 6) is -0.151. The second-order valence-electron chi connectivity index (χ2n) is 7.74. The van der Waals surface area contributed by atoms with Crippen molar-refractivity contribution >= 4 is 39.1 Å². The number of nitrogens with one attached hydrogen (secondary N) is 1. The lowest BCUT2D eigenvalue weighted by atomic mass is 10.1. The summed E-state index contributed by atoms with van der Waals surface area (Å²) < 4.78 is 36.9. The Morgan fingerprint density at radius 1 is 1.06 bits per heavy atom. The Bertz CT molecular complexity index is 1140. The topological polar surface area (TPSA) is 105 Å². The van der Waals surface area contributed by atoms with Gasteiger partial charge in [-0.15, -0.1) is 0 Å². The number of nitrogens with zero attached hydrogens (tertiary/aromatic N) is 2. The molecule has 0 aliphatic rings. The number of hydrogen-bond acceptors (Lipinski definition) is 6. The number of halogens is 1. The maximum absolute atomic E-state index is 13.6. The molecule has 0 heterocycles. The van der Waals surface area contributed by atoms with Gasteiger partial charge in [0.1, 0.15) is 12.6 Å². The Kier molecular flexibility index (Phi) is 10.2. The van der Waals surface area contributed by atoms with Crippen LogP contribution in [-0.4, -0.2) is 64.7 Å². The fourth-order valence-electron chi connectivity index (χ4n) is 3.62. The molecule has 0 saturated carbocycles. The van der Waals surface area contributed by atoms with Gasteiger partial charge in [0.15, 0.2) is 11.5 Å². The summed E-state index contributed by atoms with van der Waals surface area (Å²) in [6.07, 6.45) is 1.34. The van der Waals surface area contributed by atoms with Crippen LogP contribution in [0.25, 0.3) is 0 Å². The summed E-state index contributed by atoms with van der Waals surface area (Å²) in [7, 11) is -0.974. The van der Waals surface area contributed by atoms with Crippen LogP contribution >= 0.6 is 11.6 Å². The molecule has 0 fully saturated rings. The zero-order valence-electron chi connectivity index (χ0n) is 20.6. The molecule has 2 aromatic rings. The van der Waals surface area contributed by atoms with Crippen molar-refractivity contribution in [1.29, 1.82) is 0 Å². The molecule has 0 bridgehead atoms. The van der Waals surface area contributed by atoms with E-state index in [1.54, 1.807) is 44.2 Å². The van der Waals surface area contributed by atoms with Crippen molar-refractivity contribution in [3.63, 3.8) is 0 Å². The van der Waals surface area contributed by atoms with Crippen LogP contribution < -0.4 is 19.1 Å². The van der Waals surface area contributed by atoms with Crippen molar-refractivity contribution in [2.75, 3.05) is 37.9 Å². The normalized spacial score (nSPS) is 11.9. The first kappa shape index (κ1) is 28.3. The van der Waals surface area contributed by atoms with Gasteiger partial charge in [-0.3, -0.25) is 13.9 Å². The van der Waals surface area contributed by atoms with Crippen LogP contribution in [0.15, 0.2) is 42.5 Å². The molecule has 35 heavy (non-hydrogen) atoms. The number of carbonyl (C=O) groups excluding carboxylic acids is 2. The van der Waals surface area contributed by atoms with E-state index in [9.17, 15) is 18.0 Å². The third-order valence-corrected chi connectivity index (χ3v) is 6.88. The predicted molar refractivity (Wildman–Crippen MR) is 137 cm³/mol. The number of ether oxygens (including phenoxy) is 2. The first-order valence-electron chi connectivity index (χ1n) is 11.1. The summed E-state index contributed by atoms with van der Waals surface area (Å²) in [4.78, 5) is 27.8. The van der Waals surface area contributed by atoms with Crippen molar-refractivity contribution < 1.29 is 27.5 Å².